The van der Waals surface area contributed by atoms with Crippen LogP contribution in [0.15, 0.2) is 48.5 Å². The Bertz CT molecular complexity index is 896. The summed E-state index contributed by atoms with van der Waals surface area (Å²) in [7, 11) is 0. The highest BCUT2D eigenvalue weighted by molar-refractivity contribution is 5.90. The monoisotopic (exact) mass is 317 g/mol. The van der Waals surface area contributed by atoms with E-state index in [0.717, 1.165) is 22.3 Å². The molecule has 0 aliphatic carbocycles. The predicted molar refractivity (Wildman–Crippen MR) is 96.8 cm³/mol. The summed E-state index contributed by atoms with van der Waals surface area (Å²) >= 11 is 0. The molecule has 0 saturated heterocycles. The zero-order chi connectivity index (χ0) is 16.9. The largest absolute Gasteiger partial charge is 0.365 e. The summed E-state index contributed by atoms with van der Waals surface area (Å²) in [5.41, 5.74) is 2.50. The Kier molecular flexibility index (Phi) is 4.57. The Morgan fingerprint density at radius 2 is 1.79 bits per heavy atom. The highest BCUT2D eigenvalue weighted by Gasteiger charge is 2.09. The highest BCUT2D eigenvalue weighted by atomic mass is 15.1. The van der Waals surface area contributed by atoms with Gasteiger partial charge in [0.1, 0.15) is 5.82 Å². The Labute approximate surface area is 141 Å². The van der Waals surface area contributed by atoms with Crippen molar-refractivity contribution in [1.82, 2.24) is 9.97 Å². The summed E-state index contributed by atoms with van der Waals surface area (Å²) < 4.78 is 0. The summed E-state index contributed by atoms with van der Waals surface area (Å²) in [6.07, 6.45) is 0. The summed E-state index contributed by atoms with van der Waals surface area (Å²) in [5.74, 6) is 1.36. The van der Waals surface area contributed by atoms with Gasteiger partial charge in [-0.1, -0.05) is 30.3 Å². The topological polar surface area (TPSA) is 73.6 Å². The van der Waals surface area contributed by atoms with E-state index >= 15 is 0 Å². The van der Waals surface area contributed by atoms with Crippen molar-refractivity contribution < 1.29 is 0 Å². The molecule has 0 aliphatic heterocycles. The molecule has 0 amide bonds. The molecule has 0 aliphatic rings. The van der Waals surface area contributed by atoms with E-state index in [9.17, 15) is 5.26 Å². The second-order valence-electron chi connectivity index (χ2n) is 5.83. The molecule has 24 heavy (non-hydrogen) atoms. The number of fused-ring (bicyclic) bond motifs is 1. The van der Waals surface area contributed by atoms with Crippen molar-refractivity contribution in [2.75, 3.05) is 10.6 Å². The summed E-state index contributed by atoms with van der Waals surface area (Å²) in [5, 5.41) is 16.8. The van der Waals surface area contributed by atoms with Gasteiger partial charge in [-0.15, -0.1) is 0 Å². The van der Waals surface area contributed by atoms with Crippen LogP contribution in [0.4, 0.5) is 11.8 Å². The molecule has 2 aromatic carbocycles. The van der Waals surface area contributed by atoms with Crippen molar-refractivity contribution in [3.05, 3.63) is 59.7 Å². The third-order valence-corrected chi connectivity index (χ3v) is 3.61. The molecular weight excluding hydrogens is 298 g/mol. The van der Waals surface area contributed by atoms with Gasteiger partial charge in [0.05, 0.1) is 17.1 Å². The summed E-state index contributed by atoms with van der Waals surface area (Å²) in [6, 6.07) is 17.9. The molecule has 0 fully saturated rings. The number of hydrogen-bond acceptors (Lipinski definition) is 5. The van der Waals surface area contributed by atoms with E-state index in [1.165, 1.54) is 0 Å². The fourth-order valence-electron chi connectivity index (χ4n) is 2.50. The van der Waals surface area contributed by atoms with E-state index in [-0.39, 0.29) is 6.04 Å². The van der Waals surface area contributed by atoms with Crippen molar-refractivity contribution in [3.8, 4) is 6.07 Å². The molecule has 5 heteroatoms. The number of aromatic nitrogens is 2. The average molecular weight is 317 g/mol. The molecule has 120 valence electrons. The van der Waals surface area contributed by atoms with Gasteiger partial charge < -0.3 is 10.6 Å². The van der Waals surface area contributed by atoms with Gasteiger partial charge in [-0.25, -0.2) is 4.98 Å². The third kappa shape index (κ3) is 3.44. The van der Waals surface area contributed by atoms with E-state index in [1.54, 1.807) is 0 Å². The first-order valence-electron chi connectivity index (χ1n) is 7.92. The van der Waals surface area contributed by atoms with Gasteiger partial charge in [0.25, 0.3) is 0 Å². The zero-order valence-electron chi connectivity index (χ0n) is 13.7. The number of nitrogens with one attached hydrogen (secondary N) is 2. The third-order valence-electron chi connectivity index (χ3n) is 3.61. The molecule has 0 bridgehead atoms. The minimum absolute atomic E-state index is 0.248. The highest BCUT2D eigenvalue weighted by Crippen LogP contribution is 2.23. The zero-order valence-corrected chi connectivity index (χ0v) is 13.7. The van der Waals surface area contributed by atoms with Crippen LogP contribution in [-0.4, -0.2) is 16.0 Å². The maximum absolute atomic E-state index is 9.22. The van der Waals surface area contributed by atoms with Crippen LogP contribution in [0.25, 0.3) is 10.9 Å². The van der Waals surface area contributed by atoms with Gasteiger partial charge in [0.15, 0.2) is 0 Å². The van der Waals surface area contributed by atoms with Crippen LogP contribution in [0.5, 0.6) is 0 Å². The standard InChI is InChI=1S/C19H19N5/c1-13(2)22-19-23-17-10-6-5-9-16(17)18(24-19)21-12-15-8-4-3-7-14(15)11-20/h3-10,13H,12H2,1-2H3,(H2,21,22,23,24). The predicted octanol–water partition coefficient (Wildman–Crippen LogP) is 3.93. The van der Waals surface area contributed by atoms with Crippen molar-refractivity contribution in [2.24, 2.45) is 0 Å². The molecule has 0 saturated carbocycles. The van der Waals surface area contributed by atoms with Crippen molar-refractivity contribution in [1.29, 1.82) is 5.26 Å². The Morgan fingerprint density at radius 3 is 2.58 bits per heavy atom. The Balaban J connectivity index is 1.94. The molecule has 2 N–H and O–H groups in total. The normalized spacial score (nSPS) is 10.6. The lowest BCUT2D eigenvalue weighted by Gasteiger charge is -2.13. The van der Waals surface area contributed by atoms with Crippen LogP contribution in [0, 0.1) is 11.3 Å². The number of anilines is 2. The average Bonchev–Trinajstić information content (AvgIpc) is 2.59. The second kappa shape index (κ2) is 6.97. The number of nitrogens with zero attached hydrogens (tertiary/aromatic N) is 3. The summed E-state index contributed by atoms with van der Waals surface area (Å²) in [6.45, 7) is 4.63. The van der Waals surface area contributed by atoms with Gasteiger partial charge in [-0.3, -0.25) is 0 Å². The van der Waals surface area contributed by atoms with Crippen molar-refractivity contribution >= 4 is 22.7 Å². The van der Waals surface area contributed by atoms with E-state index in [0.29, 0.717) is 18.1 Å². The molecule has 5 nitrogen and oxygen atoms in total. The van der Waals surface area contributed by atoms with E-state index in [4.69, 9.17) is 0 Å². The molecule has 0 unspecified atom stereocenters. The van der Waals surface area contributed by atoms with Crippen LogP contribution >= 0.6 is 0 Å². The number of benzene rings is 2. The van der Waals surface area contributed by atoms with Crippen LogP contribution in [0.3, 0.4) is 0 Å². The fourth-order valence-corrected chi connectivity index (χ4v) is 2.50. The molecule has 1 heterocycles. The lowest BCUT2D eigenvalue weighted by molar-refractivity contribution is 0.877. The van der Waals surface area contributed by atoms with Gasteiger partial charge >= 0.3 is 0 Å². The lowest BCUT2D eigenvalue weighted by atomic mass is 10.1. The first kappa shape index (κ1) is 15.8. The Hall–Kier alpha value is -3.13. The molecule has 0 radical (unpaired) electrons. The van der Waals surface area contributed by atoms with Crippen molar-refractivity contribution in [2.45, 2.75) is 26.4 Å². The van der Waals surface area contributed by atoms with E-state index in [2.05, 4.69) is 40.5 Å². The van der Waals surface area contributed by atoms with Crippen molar-refractivity contribution in [3.63, 3.8) is 0 Å². The van der Waals surface area contributed by atoms with E-state index < -0.39 is 0 Å². The molecule has 1 aromatic heterocycles. The van der Waals surface area contributed by atoms with Gasteiger partial charge in [0.2, 0.25) is 5.95 Å². The van der Waals surface area contributed by atoms with Crippen LogP contribution in [-0.2, 0) is 6.54 Å². The molecule has 0 spiro atoms. The van der Waals surface area contributed by atoms with Crippen LogP contribution < -0.4 is 10.6 Å². The number of rotatable bonds is 5. The maximum atomic E-state index is 9.22. The maximum Gasteiger partial charge on any atom is 0.225 e. The molecule has 3 aromatic rings. The van der Waals surface area contributed by atoms with E-state index in [1.807, 2.05) is 48.5 Å². The van der Waals surface area contributed by atoms with Crippen LogP contribution in [0.1, 0.15) is 25.0 Å². The first-order chi connectivity index (χ1) is 11.7. The second-order valence-corrected chi connectivity index (χ2v) is 5.83. The number of nitriles is 1. The molecule has 3 rings (SSSR count). The quantitative estimate of drug-likeness (QED) is 0.746. The minimum atomic E-state index is 0.248. The molecule has 0 atom stereocenters. The Morgan fingerprint density at radius 1 is 1.04 bits per heavy atom. The first-order valence-corrected chi connectivity index (χ1v) is 7.92. The lowest BCUT2D eigenvalue weighted by Crippen LogP contribution is -2.14. The number of hydrogen-bond donors (Lipinski definition) is 2. The smallest absolute Gasteiger partial charge is 0.225 e. The van der Waals surface area contributed by atoms with Gasteiger partial charge in [-0.05, 0) is 37.6 Å². The number of para-hydroxylation sites is 1. The van der Waals surface area contributed by atoms with Gasteiger partial charge in [-0.2, -0.15) is 10.2 Å². The van der Waals surface area contributed by atoms with Crippen LogP contribution in [0.2, 0.25) is 0 Å². The van der Waals surface area contributed by atoms with Gasteiger partial charge in [0, 0.05) is 18.0 Å². The summed E-state index contributed by atoms with van der Waals surface area (Å²) in [4.78, 5) is 9.15. The minimum Gasteiger partial charge on any atom is -0.365 e. The fraction of sp³-hybridized carbons (Fsp3) is 0.211. The molecular formula is C19H19N5. The SMILES string of the molecule is CC(C)Nc1nc(NCc2ccccc2C#N)c2ccccc2n1.